The average Bonchev–Trinajstić information content (AvgIpc) is 2.59. The van der Waals surface area contributed by atoms with Gasteiger partial charge in [-0.1, -0.05) is 29.8 Å². The molecule has 2 aromatic carbocycles. The van der Waals surface area contributed by atoms with Crippen LogP contribution in [-0.2, 0) is 13.5 Å². The smallest absolute Gasteiger partial charge is 0.261 e. The van der Waals surface area contributed by atoms with Gasteiger partial charge in [-0.2, -0.15) is 0 Å². The molecule has 3 aromatic rings. The third-order valence-corrected chi connectivity index (χ3v) is 4.02. The van der Waals surface area contributed by atoms with Gasteiger partial charge in [0.25, 0.3) is 11.5 Å². The number of carbonyl (C=O) groups excluding carboxylic acids is 1. The molecule has 0 aliphatic rings. The number of nitrogens with one attached hydrogen (secondary N) is 1. The Hall–Kier alpha value is -2.95. The third-order valence-electron chi connectivity index (χ3n) is 4.02. The van der Waals surface area contributed by atoms with Gasteiger partial charge in [-0.25, -0.2) is 4.98 Å². The van der Waals surface area contributed by atoms with Crippen LogP contribution in [0.3, 0.4) is 0 Å². The summed E-state index contributed by atoms with van der Waals surface area (Å²) < 4.78 is 1.54. The Balaban J connectivity index is 1.72. The van der Waals surface area contributed by atoms with Crippen LogP contribution in [0.4, 0.5) is 0 Å². The second-order valence-corrected chi connectivity index (χ2v) is 5.78. The minimum atomic E-state index is -0.124. The van der Waals surface area contributed by atoms with Crippen molar-refractivity contribution in [2.24, 2.45) is 7.05 Å². The normalized spacial score (nSPS) is 10.8. The number of fused-ring (bicyclic) bond motifs is 1. The van der Waals surface area contributed by atoms with E-state index in [2.05, 4.69) is 10.3 Å². The van der Waals surface area contributed by atoms with Crippen LogP contribution in [-0.4, -0.2) is 22.0 Å². The lowest BCUT2D eigenvalue weighted by Crippen LogP contribution is -2.29. The number of aryl methyl sites for hydroxylation is 1. The van der Waals surface area contributed by atoms with Crippen molar-refractivity contribution in [1.82, 2.24) is 14.9 Å². The fourth-order valence-corrected chi connectivity index (χ4v) is 2.58. The Morgan fingerprint density at radius 3 is 2.58 bits per heavy atom. The zero-order valence-electron chi connectivity index (χ0n) is 13.7. The molecule has 5 nitrogen and oxygen atoms in total. The lowest BCUT2D eigenvalue weighted by atomic mass is 10.1. The summed E-state index contributed by atoms with van der Waals surface area (Å²) in [6, 6.07) is 14.7. The van der Waals surface area contributed by atoms with E-state index >= 15 is 0 Å². The molecule has 1 aromatic heterocycles. The van der Waals surface area contributed by atoms with Crippen LogP contribution < -0.4 is 10.9 Å². The van der Waals surface area contributed by atoms with Crippen LogP contribution in [0, 0.1) is 6.92 Å². The topological polar surface area (TPSA) is 64.0 Å². The van der Waals surface area contributed by atoms with Gasteiger partial charge < -0.3 is 5.32 Å². The molecule has 0 aliphatic carbocycles. The van der Waals surface area contributed by atoms with Crippen LogP contribution in [0.5, 0.6) is 0 Å². The summed E-state index contributed by atoms with van der Waals surface area (Å²) in [4.78, 5) is 29.0. The van der Waals surface area contributed by atoms with E-state index in [0.29, 0.717) is 35.3 Å². The van der Waals surface area contributed by atoms with Crippen molar-refractivity contribution in [3.05, 3.63) is 75.8 Å². The summed E-state index contributed by atoms with van der Waals surface area (Å²) in [5.74, 6) is 0.531. The second-order valence-electron chi connectivity index (χ2n) is 5.78. The fraction of sp³-hybridized carbons (Fsp3) is 0.211. The Labute approximate surface area is 140 Å². The van der Waals surface area contributed by atoms with Crippen LogP contribution in [0.25, 0.3) is 10.9 Å². The Bertz CT molecular complexity index is 943. The van der Waals surface area contributed by atoms with Crippen molar-refractivity contribution < 1.29 is 4.79 Å². The first-order chi connectivity index (χ1) is 11.6. The standard InChI is InChI=1S/C19H19N3O2/c1-13-7-9-14(10-8-13)18(23)20-12-11-17-21-16-6-4-3-5-15(16)19(24)22(17)2/h3-10H,11-12H2,1-2H3,(H,20,23). The molecule has 24 heavy (non-hydrogen) atoms. The highest BCUT2D eigenvalue weighted by molar-refractivity contribution is 5.94. The maximum atomic E-state index is 12.3. The molecular formula is C19H19N3O2. The molecule has 1 heterocycles. The zero-order chi connectivity index (χ0) is 17.1. The number of amides is 1. The lowest BCUT2D eigenvalue weighted by molar-refractivity contribution is 0.0954. The molecule has 3 rings (SSSR count). The first-order valence-electron chi connectivity index (χ1n) is 7.86. The molecule has 0 fully saturated rings. The van der Waals surface area contributed by atoms with Gasteiger partial charge in [-0.3, -0.25) is 14.2 Å². The van der Waals surface area contributed by atoms with Crippen LogP contribution in [0.2, 0.25) is 0 Å². The second kappa shape index (κ2) is 6.66. The number of para-hydroxylation sites is 1. The molecule has 0 unspecified atom stereocenters. The summed E-state index contributed by atoms with van der Waals surface area (Å²) in [5.41, 5.74) is 2.35. The Morgan fingerprint density at radius 2 is 1.83 bits per heavy atom. The fourth-order valence-electron chi connectivity index (χ4n) is 2.58. The molecule has 0 atom stereocenters. The molecule has 0 spiro atoms. The number of carbonyl (C=O) groups is 1. The minimum absolute atomic E-state index is 0.0690. The quantitative estimate of drug-likeness (QED) is 0.801. The highest BCUT2D eigenvalue weighted by Gasteiger charge is 2.09. The summed E-state index contributed by atoms with van der Waals surface area (Å²) in [7, 11) is 1.71. The maximum absolute atomic E-state index is 12.3. The molecule has 0 saturated heterocycles. The van der Waals surface area contributed by atoms with Crippen LogP contribution in [0.15, 0.2) is 53.3 Å². The van der Waals surface area contributed by atoms with Crippen molar-refractivity contribution in [2.45, 2.75) is 13.3 Å². The molecule has 0 radical (unpaired) electrons. The van der Waals surface area contributed by atoms with Crippen LogP contribution in [0.1, 0.15) is 21.7 Å². The Morgan fingerprint density at radius 1 is 1.12 bits per heavy atom. The van der Waals surface area contributed by atoms with Gasteiger partial charge in [0.15, 0.2) is 0 Å². The van der Waals surface area contributed by atoms with Crippen molar-refractivity contribution in [1.29, 1.82) is 0 Å². The van der Waals surface area contributed by atoms with Gasteiger partial charge in [-0.05, 0) is 31.2 Å². The van der Waals surface area contributed by atoms with E-state index in [1.165, 1.54) is 0 Å². The molecular weight excluding hydrogens is 302 g/mol. The van der Waals surface area contributed by atoms with Gasteiger partial charge >= 0.3 is 0 Å². The van der Waals surface area contributed by atoms with E-state index in [-0.39, 0.29) is 11.5 Å². The van der Waals surface area contributed by atoms with Gasteiger partial charge in [0.1, 0.15) is 5.82 Å². The first-order valence-corrected chi connectivity index (χ1v) is 7.86. The van der Waals surface area contributed by atoms with Crippen molar-refractivity contribution >= 4 is 16.8 Å². The van der Waals surface area contributed by atoms with Crippen molar-refractivity contribution in [3.63, 3.8) is 0 Å². The summed E-state index contributed by atoms with van der Waals surface area (Å²) >= 11 is 0. The number of benzene rings is 2. The maximum Gasteiger partial charge on any atom is 0.261 e. The SMILES string of the molecule is Cc1ccc(C(=O)NCCc2nc3ccccc3c(=O)n2C)cc1. The number of nitrogens with zero attached hydrogens (tertiary/aromatic N) is 2. The number of hydrogen-bond donors (Lipinski definition) is 1. The monoisotopic (exact) mass is 321 g/mol. The number of rotatable bonds is 4. The molecule has 1 amide bonds. The molecule has 1 N–H and O–H groups in total. The number of hydrogen-bond acceptors (Lipinski definition) is 3. The molecule has 5 heteroatoms. The van der Waals surface area contributed by atoms with E-state index < -0.39 is 0 Å². The lowest BCUT2D eigenvalue weighted by Gasteiger charge is -2.10. The van der Waals surface area contributed by atoms with E-state index in [1.54, 1.807) is 29.8 Å². The van der Waals surface area contributed by atoms with Gasteiger partial charge in [0.05, 0.1) is 10.9 Å². The molecule has 0 bridgehead atoms. The summed E-state index contributed by atoms with van der Waals surface area (Å²) in [6.07, 6.45) is 0.494. The predicted octanol–water partition coefficient (Wildman–Crippen LogP) is 2.21. The summed E-state index contributed by atoms with van der Waals surface area (Å²) in [5, 5.41) is 3.47. The highest BCUT2D eigenvalue weighted by atomic mass is 16.1. The average molecular weight is 321 g/mol. The first kappa shape index (κ1) is 15.9. The predicted molar refractivity (Wildman–Crippen MR) is 94.2 cm³/mol. The number of aromatic nitrogens is 2. The zero-order valence-corrected chi connectivity index (χ0v) is 13.7. The summed E-state index contributed by atoms with van der Waals surface area (Å²) in [6.45, 7) is 2.40. The van der Waals surface area contributed by atoms with E-state index in [4.69, 9.17) is 0 Å². The van der Waals surface area contributed by atoms with Crippen molar-refractivity contribution in [3.8, 4) is 0 Å². The van der Waals surface area contributed by atoms with Gasteiger partial charge in [-0.15, -0.1) is 0 Å². The van der Waals surface area contributed by atoms with Crippen LogP contribution >= 0.6 is 0 Å². The third kappa shape index (κ3) is 3.20. The van der Waals surface area contributed by atoms with Gasteiger partial charge in [0, 0.05) is 25.6 Å². The largest absolute Gasteiger partial charge is 0.352 e. The van der Waals surface area contributed by atoms with E-state index in [0.717, 1.165) is 5.56 Å². The van der Waals surface area contributed by atoms with Gasteiger partial charge in [0.2, 0.25) is 0 Å². The highest BCUT2D eigenvalue weighted by Crippen LogP contribution is 2.07. The molecule has 122 valence electrons. The minimum Gasteiger partial charge on any atom is -0.352 e. The Kier molecular flexibility index (Phi) is 4.42. The van der Waals surface area contributed by atoms with E-state index in [9.17, 15) is 9.59 Å². The molecule has 0 saturated carbocycles. The molecule has 0 aliphatic heterocycles. The van der Waals surface area contributed by atoms with Crippen molar-refractivity contribution in [2.75, 3.05) is 6.54 Å². The van der Waals surface area contributed by atoms with E-state index in [1.807, 2.05) is 37.3 Å².